The summed E-state index contributed by atoms with van der Waals surface area (Å²) in [6.07, 6.45) is 0. The van der Waals surface area contributed by atoms with Crippen molar-refractivity contribution in [3.8, 4) is 23.3 Å². The molecule has 1 heterocycles. The summed E-state index contributed by atoms with van der Waals surface area (Å²) in [5.74, 6) is 0.800. The molecule has 0 aliphatic carbocycles. The quantitative estimate of drug-likeness (QED) is 0.624. The van der Waals surface area contributed by atoms with E-state index in [-0.39, 0.29) is 16.9 Å². The van der Waals surface area contributed by atoms with E-state index in [0.29, 0.717) is 22.2 Å². The van der Waals surface area contributed by atoms with Gasteiger partial charge in [-0.1, -0.05) is 23.4 Å². The number of carbonyl (C=O) groups excluding carboxylic acids is 1. The van der Waals surface area contributed by atoms with Crippen LogP contribution in [0.3, 0.4) is 0 Å². The highest BCUT2D eigenvalue weighted by Gasteiger charge is 2.13. The minimum Gasteiger partial charge on any atom is -0.497 e. The van der Waals surface area contributed by atoms with E-state index in [1.165, 1.54) is 6.07 Å². The molecule has 0 unspecified atom stereocenters. The summed E-state index contributed by atoms with van der Waals surface area (Å²) in [4.78, 5) is 12.1. The minimum atomic E-state index is -0.317. The summed E-state index contributed by atoms with van der Waals surface area (Å²) in [5.41, 5.74) is 1.44. The Balaban J connectivity index is 1.60. The van der Waals surface area contributed by atoms with Crippen LogP contribution in [0.2, 0.25) is 5.02 Å². The van der Waals surface area contributed by atoms with Crippen LogP contribution in [0, 0.1) is 11.3 Å². The summed E-state index contributed by atoms with van der Waals surface area (Å²) in [7, 11) is 1.59. The first-order valence-corrected chi connectivity index (χ1v) is 9.05. The fourth-order valence-corrected chi connectivity index (χ4v) is 2.88. The van der Waals surface area contributed by atoms with Crippen molar-refractivity contribution in [2.45, 2.75) is 5.22 Å². The minimum absolute atomic E-state index is 0.0433. The number of amides is 1. The zero-order chi connectivity index (χ0) is 19.2. The molecule has 0 spiro atoms. The van der Waals surface area contributed by atoms with Gasteiger partial charge in [0.15, 0.2) is 0 Å². The first kappa shape index (κ1) is 18.8. The second-order valence-corrected chi connectivity index (χ2v) is 6.60. The Morgan fingerprint density at radius 3 is 2.78 bits per heavy atom. The van der Waals surface area contributed by atoms with Gasteiger partial charge in [0, 0.05) is 10.6 Å². The lowest BCUT2D eigenvalue weighted by Crippen LogP contribution is -2.15. The number of nitrogens with one attached hydrogen (secondary N) is 1. The smallest absolute Gasteiger partial charge is 0.277 e. The van der Waals surface area contributed by atoms with Crippen LogP contribution in [0.5, 0.6) is 5.75 Å². The Morgan fingerprint density at radius 1 is 1.30 bits per heavy atom. The molecule has 0 saturated carbocycles. The fraction of sp³-hybridized carbons (Fsp3) is 0.111. The number of nitriles is 1. The molecule has 1 amide bonds. The van der Waals surface area contributed by atoms with E-state index in [1.54, 1.807) is 43.5 Å². The normalized spacial score (nSPS) is 10.3. The van der Waals surface area contributed by atoms with E-state index >= 15 is 0 Å². The molecule has 7 nitrogen and oxygen atoms in total. The van der Waals surface area contributed by atoms with Gasteiger partial charge in [0.2, 0.25) is 11.8 Å². The van der Waals surface area contributed by atoms with Gasteiger partial charge in [0.05, 0.1) is 24.1 Å². The average molecular weight is 401 g/mol. The van der Waals surface area contributed by atoms with Crippen LogP contribution in [0.1, 0.15) is 5.56 Å². The number of halogens is 1. The van der Waals surface area contributed by atoms with Gasteiger partial charge in [-0.3, -0.25) is 4.79 Å². The van der Waals surface area contributed by atoms with E-state index in [2.05, 4.69) is 15.5 Å². The molecular formula is C18H13ClN4O3S. The van der Waals surface area contributed by atoms with Gasteiger partial charge >= 0.3 is 0 Å². The zero-order valence-electron chi connectivity index (χ0n) is 14.1. The summed E-state index contributed by atoms with van der Waals surface area (Å²) in [6.45, 7) is 0. The molecule has 27 heavy (non-hydrogen) atoms. The zero-order valence-corrected chi connectivity index (χ0v) is 15.7. The molecule has 3 aromatic rings. The van der Waals surface area contributed by atoms with Crippen LogP contribution in [-0.4, -0.2) is 29.0 Å². The van der Waals surface area contributed by atoms with E-state index in [1.807, 2.05) is 6.07 Å². The van der Waals surface area contributed by atoms with Crippen LogP contribution in [0.15, 0.2) is 52.1 Å². The number of thioether (sulfide) groups is 1. The molecule has 136 valence electrons. The monoisotopic (exact) mass is 400 g/mol. The number of ether oxygens (including phenoxy) is 1. The van der Waals surface area contributed by atoms with E-state index in [9.17, 15) is 4.79 Å². The number of aromatic nitrogens is 2. The molecule has 0 bridgehead atoms. The predicted molar refractivity (Wildman–Crippen MR) is 102 cm³/mol. The van der Waals surface area contributed by atoms with Crippen LogP contribution in [0.4, 0.5) is 5.69 Å². The fourth-order valence-electron chi connectivity index (χ4n) is 2.15. The van der Waals surface area contributed by atoms with Gasteiger partial charge in [0.1, 0.15) is 11.8 Å². The third-order valence-electron chi connectivity index (χ3n) is 3.45. The molecule has 1 N–H and O–H groups in total. The maximum atomic E-state index is 12.1. The van der Waals surface area contributed by atoms with E-state index in [4.69, 9.17) is 26.0 Å². The van der Waals surface area contributed by atoms with Crippen molar-refractivity contribution in [3.63, 3.8) is 0 Å². The SMILES string of the molecule is COc1ccc(-c2nnc(SCC(=O)Nc3cc(Cl)ccc3C#N)o2)cc1. The highest BCUT2D eigenvalue weighted by atomic mass is 35.5. The maximum Gasteiger partial charge on any atom is 0.277 e. The molecule has 0 aliphatic heterocycles. The second-order valence-electron chi connectivity index (χ2n) is 5.24. The summed E-state index contributed by atoms with van der Waals surface area (Å²) >= 11 is 7.00. The van der Waals surface area contributed by atoms with Crippen LogP contribution >= 0.6 is 23.4 Å². The number of benzene rings is 2. The topological polar surface area (TPSA) is 101 Å². The lowest BCUT2D eigenvalue weighted by Gasteiger charge is -2.06. The highest BCUT2D eigenvalue weighted by Crippen LogP contribution is 2.25. The van der Waals surface area contributed by atoms with Gasteiger partial charge in [0.25, 0.3) is 5.22 Å². The number of hydrogen-bond donors (Lipinski definition) is 1. The number of nitrogens with zero attached hydrogens (tertiary/aromatic N) is 3. The average Bonchev–Trinajstić information content (AvgIpc) is 3.16. The number of methoxy groups -OCH3 is 1. The number of carbonyl (C=O) groups is 1. The van der Waals surface area contributed by atoms with Crippen molar-refractivity contribution in [1.29, 1.82) is 5.26 Å². The van der Waals surface area contributed by atoms with Gasteiger partial charge in [-0.15, -0.1) is 10.2 Å². The lowest BCUT2D eigenvalue weighted by atomic mass is 10.2. The number of rotatable bonds is 6. The number of anilines is 1. The molecule has 0 aliphatic rings. The van der Waals surface area contributed by atoms with Crippen molar-refractivity contribution in [2.24, 2.45) is 0 Å². The summed E-state index contributed by atoms with van der Waals surface area (Å²) in [5, 5.41) is 20.3. The predicted octanol–water partition coefficient (Wildman–Crippen LogP) is 4.00. The van der Waals surface area contributed by atoms with Crippen molar-refractivity contribution in [1.82, 2.24) is 10.2 Å². The van der Waals surface area contributed by atoms with Crippen molar-refractivity contribution in [3.05, 3.63) is 53.1 Å². The van der Waals surface area contributed by atoms with Crippen LogP contribution in [-0.2, 0) is 4.79 Å². The van der Waals surface area contributed by atoms with Gasteiger partial charge < -0.3 is 14.5 Å². The Labute approximate surface area is 164 Å². The first-order chi connectivity index (χ1) is 13.1. The summed E-state index contributed by atoms with van der Waals surface area (Å²) < 4.78 is 10.7. The standard InChI is InChI=1S/C18H13ClN4O3S/c1-25-14-6-3-11(4-7-14)17-22-23-18(26-17)27-10-16(24)21-15-8-13(19)5-2-12(15)9-20/h2-8H,10H2,1H3,(H,21,24). The summed E-state index contributed by atoms with van der Waals surface area (Å²) in [6, 6.07) is 13.8. The third-order valence-corrected chi connectivity index (χ3v) is 4.50. The van der Waals surface area contributed by atoms with Crippen molar-refractivity contribution >= 4 is 35.0 Å². The molecule has 2 aromatic carbocycles. The molecular weight excluding hydrogens is 388 g/mol. The number of hydrogen-bond acceptors (Lipinski definition) is 7. The van der Waals surface area contributed by atoms with Crippen LogP contribution in [0.25, 0.3) is 11.5 Å². The van der Waals surface area contributed by atoms with E-state index < -0.39 is 0 Å². The molecule has 0 atom stereocenters. The third kappa shape index (κ3) is 4.78. The molecule has 0 fully saturated rings. The van der Waals surface area contributed by atoms with Crippen LogP contribution < -0.4 is 10.1 Å². The van der Waals surface area contributed by atoms with Gasteiger partial charge in [-0.05, 0) is 42.5 Å². The maximum absolute atomic E-state index is 12.1. The molecule has 0 radical (unpaired) electrons. The van der Waals surface area contributed by atoms with Gasteiger partial charge in [-0.25, -0.2) is 0 Å². The highest BCUT2D eigenvalue weighted by molar-refractivity contribution is 7.99. The largest absolute Gasteiger partial charge is 0.497 e. The van der Waals surface area contributed by atoms with Crippen molar-refractivity contribution < 1.29 is 13.9 Å². The second kappa shape index (κ2) is 8.58. The molecule has 0 saturated heterocycles. The Kier molecular flexibility index (Phi) is 5.96. The molecule has 3 rings (SSSR count). The first-order valence-electron chi connectivity index (χ1n) is 7.69. The van der Waals surface area contributed by atoms with Crippen molar-refractivity contribution in [2.75, 3.05) is 18.2 Å². The van der Waals surface area contributed by atoms with E-state index in [0.717, 1.165) is 23.1 Å². The Hall–Kier alpha value is -3.02. The lowest BCUT2D eigenvalue weighted by molar-refractivity contribution is -0.113. The molecule has 1 aromatic heterocycles. The Morgan fingerprint density at radius 2 is 2.07 bits per heavy atom. The molecule has 9 heteroatoms. The Bertz CT molecular complexity index is 999. The van der Waals surface area contributed by atoms with Gasteiger partial charge in [-0.2, -0.15) is 5.26 Å².